The second kappa shape index (κ2) is 8.23. The van der Waals surface area contributed by atoms with Crippen molar-refractivity contribution in [2.24, 2.45) is 0 Å². The van der Waals surface area contributed by atoms with Gasteiger partial charge in [0.05, 0.1) is 0 Å². The largest absolute Gasteiger partial charge is 0.490 e. The van der Waals surface area contributed by atoms with Gasteiger partial charge >= 0.3 is 0 Å². The Morgan fingerprint density at radius 1 is 0.792 bits per heavy atom. The minimum atomic E-state index is 0.163. The van der Waals surface area contributed by atoms with Gasteiger partial charge in [0.15, 0.2) is 0 Å². The van der Waals surface area contributed by atoms with Crippen molar-refractivity contribution in [1.29, 1.82) is 0 Å². The van der Waals surface area contributed by atoms with Crippen LogP contribution in [0, 0.1) is 0 Å². The fourth-order valence-corrected chi connectivity index (χ4v) is 2.60. The van der Waals surface area contributed by atoms with Crippen molar-refractivity contribution in [3.05, 3.63) is 59.2 Å². The van der Waals surface area contributed by atoms with Gasteiger partial charge in [-0.3, -0.25) is 0 Å². The van der Waals surface area contributed by atoms with Crippen LogP contribution in [0.15, 0.2) is 42.5 Å². The zero-order valence-corrected chi connectivity index (χ0v) is 15.7. The molecule has 0 aliphatic carbocycles. The van der Waals surface area contributed by atoms with Crippen molar-refractivity contribution in [2.45, 2.75) is 52.9 Å². The van der Waals surface area contributed by atoms with Gasteiger partial charge in [0, 0.05) is 0 Å². The van der Waals surface area contributed by atoms with Crippen LogP contribution < -0.4 is 9.47 Å². The molecule has 130 valence electrons. The van der Waals surface area contributed by atoms with E-state index in [1.807, 2.05) is 12.1 Å². The average Bonchev–Trinajstić information content (AvgIpc) is 2.58. The van der Waals surface area contributed by atoms with Crippen LogP contribution in [0.4, 0.5) is 0 Å². The third kappa shape index (κ3) is 5.02. The first-order valence-corrected chi connectivity index (χ1v) is 8.92. The molecule has 0 saturated heterocycles. The van der Waals surface area contributed by atoms with E-state index in [0.717, 1.165) is 24.3 Å². The zero-order valence-electron chi connectivity index (χ0n) is 15.7. The van der Waals surface area contributed by atoms with E-state index in [0.29, 0.717) is 13.2 Å². The number of aryl methyl sites for hydroxylation is 2. The van der Waals surface area contributed by atoms with E-state index >= 15 is 0 Å². The van der Waals surface area contributed by atoms with Gasteiger partial charge in [0.25, 0.3) is 0 Å². The van der Waals surface area contributed by atoms with Crippen LogP contribution in [0.1, 0.15) is 51.3 Å². The maximum Gasteiger partial charge on any atom is 0.122 e. The molecular formula is C22H30O2. The molecule has 24 heavy (non-hydrogen) atoms. The summed E-state index contributed by atoms with van der Waals surface area (Å²) in [6, 6.07) is 14.8. The van der Waals surface area contributed by atoms with E-state index in [1.54, 1.807) is 0 Å². The molecule has 0 heterocycles. The van der Waals surface area contributed by atoms with Crippen LogP contribution in [-0.2, 0) is 18.3 Å². The standard InChI is InChI=1S/C22H30O2/c1-6-17-8-11-20(12-9-17)23-14-15-24-21-13-10-19(22(3,4)5)16-18(21)7-2/h8-13,16H,6-7,14-15H2,1-5H3. The van der Waals surface area contributed by atoms with Crippen LogP contribution in [0.3, 0.4) is 0 Å². The molecule has 0 amide bonds. The fraction of sp³-hybridized carbons (Fsp3) is 0.455. The van der Waals surface area contributed by atoms with Crippen molar-refractivity contribution in [2.75, 3.05) is 13.2 Å². The SMILES string of the molecule is CCc1ccc(OCCOc2ccc(C(C)(C)C)cc2CC)cc1. The van der Waals surface area contributed by atoms with Crippen molar-refractivity contribution >= 4 is 0 Å². The molecule has 2 aromatic rings. The molecule has 0 aliphatic rings. The van der Waals surface area contributed by atoms with Gasteiger partial charge in [-0.1, -0.05) is 58.9 Å². The number of rotatable bonds is 7. The van der Waals surface area contributed by atoms with Crippen LogP contribution in [-0.4, -0.2) is 13.2 Å². The maximum atomic E-state index is 5.94. The highest BCUT2D eigenvalue weighted by molar-refractivity contribution is 5.39. The minimum absolute atomic E-state index is 0.163. The summed E-state index contributed by atoms with van der Waals surface area (Å²) in [6.45, 7) is 12.1. The molecule has 0 saturated carbocycles. The Labute approximate surface area is 146 Å². The zero-order chi connectivity index (χ0) is 17.6. The number of benzene rings is 2. The second-order valence-electron chi connectivity index (χ2n) is 7.12. The molecule has 0 N–H and O–H groups in total. The van der Waals surface area contributed by atoms with Crippen molar-refractivity contribution in [3.8, 4) is 11.5 Å². The van der Waals surface area contributed by atoms with Crippen LogP contribution in [0.5, 0.6) is 11.5 Å². The normalized spacial score (nSPS) is 11.4. The maximum absolute atomic E-state index is 5.94. The topological polar surface area (TPSA) is 18.5 Å². The van der Waals surface area contributed by atoms with Gasteiger partial charge in [-0.2, -0.15) is 0 Å². The van der Waals surface area contributed by atoms with Crippen LogP contribution in [0.25, 0.3) is 0 Å². The Kier molecular flexibility index (Phi) is 6.30. The summed E-state index contributed by atoms with van der Waals surface area (Å²) in [5.74, 6) is 1.87. The molecule has 0 unspecified atom stereocenters. The lowest BCUT2D eigenvalue weighted by Gasteiger charge is -2.21. The van der Waals surface area contributed by atoms with Gasteiger partial charge in [-0.15, -0.1) is 0 Å². The molecule has 2 nitrogen and oxygen atoms in total. The molecule has 2 heteroatoms. The summed E-state index contributed by atoms with van der Waals surface area (Å²) in [7, 11) is 0. The molecular weight excluding hydrogens is 296 g/mol. The fourth-order valence-electron chi connectivity index (χ4n) is 2.60. The van der Waals surface area contributed by atoms with Crippen LogP contribution in [0.2, 0.25) is 0 Å². The summed E-state index contributed by atoms with van der Waals surface area (Å²) in [6.07, 6.45) is 2.02. The lowest BCUT2D eigenvalue weighted by molar-refractivity contribution is 0.216. The highest BCUT2D eigenvalue weighted by atomic mass is 16.5. The highest BCUT2D eigenvalue weighted by Crippen LogP contribution is 2.28. The Balaban J connectivity index is 1.89. The van der Waals surface area contributed by atoms with Gasteiger partial charge < -0.3 is 9.47 Å². The predicted molar refractivity (Wildman–Crippen MR) is 101 cm³/mol. The first-order chi connectivity index (χ1) is 11.4. The Morgan fingerprint density at radius 2 is 1.46 bits per heavy atom. The molecule has 0 radical (unpaired) electrons. The summed E-state index contributed by atoms with van der Waals surface area (Å²) < 4.78 is 11.7. The van der Waals surface area contributed by atoms with Crippen molar-refractivity contribution in [1.82, 2.24) is 0 Å². The van der Waals surface area contributed by atoms with E-state index in [4.69, 9.17) is 9.47 Å². The Bertz CT molecular complexity index is 636. The Morgan fingerprint density at radius 3 is 2.04 bits per heavy atom. The summed E-state index contributed by atoms with van der Waals surface area (Å²) in [5, 5.41) is 0. The lowest BCUT2D eigenvalue weighted by Crippen LogP contribution is -2.13. The van der Waals surface area contributed by atoms with E-state index in [9.17, 15) is 0 Å². The predicted octanol–water partition coefficient (Wildman–Crippen LogP) is 5.57. The van der Waals surface area contributed by atoms with E-state index in [2.05, 4.69) is 65.0 Å². The monoisotopic (exact) mass is 326 g/mol. The Hall–Kier alpha value is -1.96. The van der Waals surface area contributed by atoms with E-state index in [-0.39, 0.29) is 5.41 Å². The van der Waals surface area contributed by atoms with Crippen molar-refractivity contribution < 1.29 is 9.47 Å². The van der Waals surface area contributed by atoms with Gasteiger partial charge in [0.2, 0.25) is 0 Å². The molecule has 0 spiro atoms. The third-order valence-corrected chi connectivity index (χ3v) is 4.25. The number of hydrogen-bond acceptors (Lipinski definition) is 2. The lowest BCUT2D eigenvalue weighted by atomic mass is 9.86. The van der Waals surface area contributed by atoms with E-state index < -0.39 is 0 Å². The first kappa shape index (κ1) is 18.4. The van der Waals surface area contributed by atoms with Gasteiger partial charge in [0.1, 0.15) is 24.7 Å². The average molecular weight is 326 g/mol. The molecule has 0 aliphatic heterocycles. The summed E-state index contributed by atoms with van der Waals surface area (Å²) in [4.78, 5) is 0. The van der Waals surface area contributed by atoms with Crippen LogP contribution >= 0.6 is 0 Å². The molecule has 0 aromatic heterocycles. The van der Waals surface area contributed by atoms with E-state index in [1.165, 1.54) is 16.7 Å². The molecule has 0 bridgehead atoms. The summed E-state index contributed by atoms with van der Waals surface area (Å²) >= 11 is 0. The quantitative estimate of drug-likeness (QED) is 0.620. The second-order valence-corrected chi connectivity index (χ2v) is 7.12. The molecule has 0 fully saturated rings. The molecule has 2 aromatic carbocycles. The smallest absolute Gasteiger partial charge is 0.122 e. The molecule has 0 atom stereocenters. The van der Waals surface area contributed by atoms with Gasteiger partial charge in [-0.05, 0) is 53.1 Å². The van der Waals surface area contributed by atoms with Gasteiger partial charge in [-0.25, -0.2) is 0 Å². The third-order valence-electron chi connectivity index (χ3n) is 4.25. The number of ether oxygens (including phenoxy) is 2. The number of hydrogen-bond donors (Lipinski definition) is 0. The molecule has 2 rings (SSSR count). The minimum Gasteiger partial charge on any atom is -0.490 e. The van der Waals surface area contributed by atoms with Crippen molar-refractivity contribution in [3.63, 3.8) is 0 Å². The summed E-state index contributed by atoms with van der Waals surface area (Å²) in [5.41, 5.74) is 4.09. The first-order valence-electron chi connectivity index (χ1n) is 8.92. The highest BCUT2D eigenvalue weighted by Gasteiger charge is 2.15.